The molecule has 0 bridgehead atoms. The number of likely N-dealkylation sites (tertiary alicyclic amines) is 1. The van der Waals surface area contributed by atoms with Crippen molar-refractivity contribution in [2.75, 3.05) is 19.0 Å². The second-order valence-electron chi connectivity index (χ2n) is 8.81. The Balaban J connectivity index is 1.48. The summed E-state index contributed by atoms with van der Waals surface area (Å²) in [5.41, 5.74) is 0.0596. The van der Waals surface area contributed by atoms with Crippen LogP contribution in [0.2, 0.25) is 0 Å². The van der Waals surface area contributed by atoms with Crippen LogP contribution in [0.15, 0.2) is 24.5 Å². The van der Waals surface area contributed by atoms with E-state index in [2.05, 4.69) is 49.2 Å². The molecule has 3 aromatic heterocycles. The fourth-order valence-electron chi connectivity index (χ4n) is 3.77. The molecule has 0 atom stereocenters. The van der Waals surface area contributed by atoms with Gasteiger partial charge in [-0.3, -0.25) is 29.6 Å². The van der Waals surface area contributed by atoms with Crippen LogP contribution in [0.25, 0.3) is 11.1 Å². The SMILES string of the molecule is COc1cnc(C(F)F)cc1-c1cc(C#CCN2C(=O)CCC2=O)ncc1C(=O)Nc1nnc(C#CC2CC2)s1. The van der Waals surface area contributed by atoms with E-state index in [1.54, 1.807) is 0 Å². The van der Waals surface area contributed by atoms with E-state index in [9.17, 15) is 23.2 Å². The number of carbonyl (C=O) groups excluding carboxylic acids is 3. The van der Waals surface area contributed by atoms with Crippen LogP contribution in [0.3, 0.4) is 0 Å². The van der Waals surface area contributed by atoms with E-state index >= 15 is 0 Å². The molecular formula is C27H20F2N6O4S. The van der Waals surface area contributed by atoms with Crippen LogP contribution in [-0.2, 0) is 9.59 Å². The van der Waals surface area contributed by atoms with Crippen LogP contribution in [0.4, 0.5) is 13.9 Å². The third kappa shape index (κ3) is 6.11. The van der Waals surface area contributed by atoms with Crippen LogP contribution in [-0.4, -0.2) is 56.4 Å². The molecule has 0 aromatic carbocycles. The number of hydrogen-bond donors (Lipinski definition) is 1. The van der Waals surface area contributed by atoms with Crippen LogP contribution >= 0.6 is 11.3 Å². The number of ether oxygens (including phenoxy) is 1. The van der Waals surface area contributed by atoms with Crippen LogP contribution in [0.5, 0.6) is 5.75 Å². The molecule has 5 rings (SSSR count). The maximum absolute atomic E-state index is 13.5. The van der Waals surface area contributed by atoms with Gasteiger partial charge in [-0.1, -0.05) is 23.2 Å². The fourth-order valence-corrected chi connectivity index (χ4v) is 4.37. The topological polar surface area (TPSA) is 127 Å². The second-order valence-corrected chi connectivity index (χ2v) is 9.79. The highest BCUT2D eigenvalue weighted by Gasteiger charge is 2.28. The zero-order valence-electron chi connectivity index (χ0n) is 21.0. The van der Waals surface area contributed by atoms with Gasteiger partial charge in [0.15, 0.2) is 5.01 Å². The van der Waals surface area contributed by atoms with Crippen molar-refractivity contribution in [3.8, 4) is 40.6 Å². The van der Waals surface area contributed by atoms with Crippen molar-refractivity contribution in [1.82, 2.24) is 25.1 Å². The number of pyridine rings is 2. The first-order valence-corrected chi connectivity index (χ1v) is 12.9. The molecule has 1 aliphatic heterocycles. The van der Waals surface area contributed by atoms with E-state index in [0.29, 0.717) is 10.9 Å². The first kappa shape index (κ1) is 26.8. The zero-order chi connectivity index (χ0) is 28.2. The number of halogens is 2. The predicted octanol–water partition coefficient (Wildman–Crippen LogP) is 3.46. The normalized spacial score (nSPS) is 14.4. The summed E-state index contributed by atoms with van der Waals surface area (Å²) in [7, 11) is 1.35. The van der Waals surface area contributed by atoms with E-state index < -0.39 is 18.0 Å². The number of nitrogens with one attached hydrogen (secondary N) is 1. The molecule has 1 saturated heterocycles. The highest BCUT2D eigenvalue weighted by molar-refractivity contribution is 7.15. The Morgan fingerprint density at radius 3 is 2.60 bits per heavy atom. The molecule has 40 heavy (non-hydrogen) atoms. The summed E-state index contributed by atoms with van der Waals surface area (Å²) in [4.78, 5) is 46.0. The molecule has 10 nitrogen and oxygen atoms in total. The summed E-state index contributed by atoms with van der Waals surface area (Å²) in [5, 5.41) is 11.2. The van der Waals surface area contributed by atoms with E-state index in [1.807, 2.05) is 0 Å². The van der Waals surface area contributed by atoms with Crippen molar-refractivity contribution in [2.45, 2.75) is 32.1 Å². The molecule has 0 unspecified atom stereocenters. The summed E-state index contributed by atoms with van der Waals surface area (Å²) in [6, 6.07) is 2.57. The lowest BCUT2D eigenvalue weighted by atomic mass is 9.99. The van der Waals surface area contributed by atoms with Crippen molar-refractivity contribution in [3.05, 3.63) is 46.5 Å². The standard InChI is InChI=1S/C27H20F2N6O4S/c1-39-21-14-31-20(25(28)29)12-18(21)17-11-16(3-2-10-35-23(36)8-9-24(35)37)30-13-19(17)26(38)32-27-34-33-22(40-27)7-6-15-4-5-15/h11-15,25H,4-5,8-10H2,1H3,(H,32,34,38). The van der Waals surface area contributed by atoms with Gasteiger partial charge in [-0.25, -0.2) is 13.8 Å². The molecule has 3 aromatic rings. The van der Waals surface area contributed by atoms with E-state index in [1.165, 1.54) is 19.4 Å². The minimum atomic E-state index is -2.87. The van der Waals surface area contributed by atoms with Crippen LogP contribution < -0.4 is 10.1 Å². The van der Waals surface area contributed by atoms with Gasteiger partial charge in [0.25, 0.3) is 12.3 Å². The summed E-state index contributed by atoms with van der Waals surface area (Å²) in [6.07, 6.45) is 1.93. The van der Waals surface area contributed by atoms with E-state index in [-0.39, 0.29) is 64.5 Å². The summed E-state index contributed by atoms with van der Waals surface area (Å²) in [5.74, 6) is 10.8. The third-order valence-corrected chi connectivity index (χ3v) is 6.74. The van der Waals surface area contributed by atoms with Crippen molar-refractivity contribution in [1.29, 1.82) is 0 Å². The Labute approximate surface area is 231 Å². The molecule has 4 heterocycles. The van der Waals surface area contributed by atoms with Crippen molar-refractivity contribution in [2.24, 2.45) is 5.92 Å². The Morgan fingerprint density at radius 1 is 1.12 bits per heavy atom. The molecule has 1 saturated carbocycles. The molecule has 1 aliphatic carbocycles. The lowest BCUT2D eigenvalue weighted by Crippen LogP contribution is -2.29. The Morgan fingerprint density at radius 2 is 1.90 bits per heavy atom. The van der Waals surface area contributed by atoms with Gasteiger partial charge < -0.3 is 4.74 Å². The largest absolute Gasteiger partial charge is 0.494 e. The number of hydrogen-bond acceptors (Lipinski definition) is 9. The molecule has 3 amide bonds. The molecule has 13 heteroatoms. The predicted molar refractivity (Wildman–Crippen MR) is 139 cm³/mol. The lowest BCUT2D eigenvalue weighted by molar-refractivity contribution is -0.137. The minimum Gasteiger partial charge on any atom is -0.494 e. The summed E-state index contributed by atoms with van der Waals surface area (Å²) >= 11 is 1.10. The van der Waals surface area contributed by atoms with Gasteiger partial charge in [0.1, 0.15) is 17.1 Å². The monoisotopic (exact) mass is 562 g/mol. The highest BCUT2D eigenvalue weighted by atomic mass is 32.1. The van der Waals surface area contributed by atoms with Gasteiger partial charge in [-0.05, 0) is 36.8 Å². The third-order valence-electron chi connectivity index (χ3n) is 5.99. The maximum atomic E-state index is 13.5. The molecule has 2 aliphatic rings. The van der Waals surface area contributed by atoms with Gasteiger partial charge in [0.2, 0.25) is 16.9 Å². The fraction of sp³-hybridized carbons (Fsp3) is 0.296. The Hall–Kier alpha value is -4.75. The number of methoxy groups -OCH3 is 1. The van der Waals surface area contributed by atoms with Gasteiger partial charge >= 0.3 is 0 Å². The number of nitrogens with zero attached hydrogens (tertiary/aromatic N) is 5. The molecule has 2 fully saturated rings. The molecule has 1 N–H and O–H groups in total. The Kier molecular flexibility index (Phi) is 7.75. The Bertz CT molecular complexity index is 1610. The number of rotatable bonds is 6. The number of anilines is 1. The van der Waals surface area contributed by atoms with Gasteiger partial charge in [0, 0.05) is 36.1 Å². The lowest BCUT2D eigenvalue weighted by Gasteiger charge is -2.14. The first-order chi connectivity index (χ1) is 19.3. The molecule has 0 radical (unpaired) electrons. The van der Waals surface area contributed by atoms with Crippen molar-refractivity contribution < 1.29 is 27.9 Å². The first-order valence-electron chi connectivity index (χ1n) is 12.1. The number of amides is 3. The number of aromatic nitrogens is 4. The van der Waals surface area contributed by atoms with E-state index in [4.69, 9.17) is 4.74 Å². The summed E-state index contributed by atoms with van der Waals surface area (Å²) < 4.78 is 32.4. The zero-order valence-corrected chi connectivity index (χ0v) is 21.8. The van der Waals surface area contributed by atoms with Crippen molar-refractivity contribution in [3.63, 3.8) is 0 Å². The van der Waals surface area contributed by atoms with Crippen LogP contribution in [0, 0.1) is 29.6 Å². The molecular weight excluding hydrogens is 542 g/mol. The summed E-state index contributed by atoms with van der Waals surface area (Å²) in [6.45, 7) is -0.117. The highest BCUT2D eigenvalue weighted by Crippen LogP contribution is 2.35. The van der Waals surface area contributed by atoms with E-state index in [0.717, 1.165) is 41.3 Å². The van der Waals surface area contributed by atoms with Gasteiger partial charge in [-0.15, -0.1) is 10.2 Å². The minimum absolute atomic E-state index is 0.0287. The van der Waals surface area contributed by atoms with Crippen molar-refractivity contribution >= 4 is 34.2 Å². The van der Waals surface area contributed by atoms with Gasteiger partial charge in [0.05, 0.1) is 25.4 Å². The second kappa shape index (κ2) is 11.6. The number of imide groups is 1. The smallest absolute Gasteiger partial charge is 0.280 e. The number of carbonyl (C=O) groups is 3. The number of alkyl halides is 2. The molecule has 202 valence electrons. The molecule has 0 spiro atoms. The van der Waals surface area contributed by atoms with Gasteiger partial charge in [-0.2, -0.15) is 0 Å². The average molecular weight is 563 g/mol. The average Bonchev–Trinajstić information content (AvgIpc) is 3.60. The maximum Gasteiger partial charge on any atom is 0.280 e. The van der Waals surface area contributed by atoms with Crippen LogP contribution in [0.1, 0.15) is 58.9 Å². The quantitative estimate of drug-likeness (QED) is 0.358.